The standard InChI is InChI=1S/C8H12N2OS/c1-10-7(11)5-3-2-4-6(5)9-8(10)12/h5-6H,2-4H2,1H3,(H,9,12)/t5-,6+/m0/s1. The van der Waals surface area contributed by atoms with E-state index in [0.29, 0.717) is 11.2 Å². The van der Waals surface area contributed by atoms with Crippen LogP contribution in [0, 0.1) is 5.92 Å². The normalized spacial score (nSPS) is 34.9. The molecule has 0 unspecified atom stereocenters. The van der Waals surface area contributed by atoms with Crippen LogP contribution in [0.25, 0.3) is 0 Å². The van der Waals surface area contributed by atoms with Crippen molar-refractivity contribution in [3.05, 3.63) is 0 Å². The second-order valence-corrected chi connectivity index (χ2v) is 3.88. The van der Waals surface area contributed by atoms with Crippen LogP contribution in [0.1, 0.15) is 19.3 Å². The number of amides is 1. The highest BCUT2D eigenvalue weighted by molar-refractivity contribution is 7.80. The molecule has 12 heavy (non-hydrogen) atoms. The maximum atomic E-state index is 11.6. The van der Waals surface area contributed by atoms with Gasteiger partial charge in [0.05, 0.1) is 5.92 Å². The molecule has 0 aromatic carbocycles. The van der Waals surface area contributed by atoms with Crippen LogP contribution in [0.2, 0.25) is 0 Å². The van der Waals surface area contributed by atoms with Crippen LogP contribution in [0.5, 0.6) is 0 Å². The van der Waals surface area contributed by atoms with Gasteiger partial charge in [0.15, 0.2) is 5.11 Å². The second-order valence-electron chi connectivity index (χ2n) is 3.49. The molecule has 1 aliphatic heterocycles. The molecule has 0 aromatic rings. The van der Waals surface area contributed by atoms with E-state index in [4.69, 9.17) is 12.2 Å². The van der Waals surface area contributed by atoms with Crippen molar-refractivity contribution in [1.82, 2.24) is 10.2 Å². The zero-order valence-electron chi connectivity index (χ0n) is 7.04. The fourth-order valence-corrected chi connectivity index (χ4v) is 2.27. The molecular weight excluding hydrogens is 172 g/mol. The number of fused-ring (bicyclic) bond motifs is 1. The molecule has 4 heteroatoms. The van der Waals surface area contributed by atoms with Crippen molar-refractivity contribution in [2.75, 3.05) is 7.05 Å². The Morgan fingerprint density at radius 2 is 2.33 bits per heavy atom. The van der Waals surface area contributed by atoms with Crippen molar-refractivity contribution in [1.29, 1.82) is 0 Å². The van der Waals surface area contributed by atoms with Crippen molar-refractivity contribution in [2.24, 2.45) is 5.92 Å². The summed E-state index contributed by atoms with van der Waals surface area (Å²) in [4.78, 5) is 13.2. The van der Waals surface area contributed by atoms with Gasteiger partial charge < -0.3 is 5.32 Å². The lowest BCUT2D eigenvalue weighted by Crippen LogP contribution is -2.56. The maximum Gasteiger partial charge on any atom is 0.233 e. The van der Waals surface area contributed by atoms with E-state index in [2.05, 4.69) is 5.32 Å². The number of rotatable bonds is 0. The van der Waals surface area contributed by atoms with Gasteiger partial charge in [0, 0.05) is 13.1 Å². The molecule has 1 saturated carbocycles. The largest absolute Gasteiger partial charge is 0.359 e. The summed E-state index contributed by atoms with van der Waals surface area (Å²) in [6.45, 7) is 0. The Balaban J connectivity index is 2.21. The number of carbonyl (C=O) groups excluding carboxylic acids is 1. The molecule has 1 saturated heterocycles. The first kappa shape index (κ1) is 7.98. The topological polar surface area (TPSA) is 32.3 Å². The lowest BCUT2D eigenvalue weighted by Gasteiger charge is -2.33. The molecule has 66 valence electrons. The summed E-state index contributed by atoms with van der Waals surface area (Å²) in [5.41, 5.74) is 0. The quantitative estimate of drug-likeness (QED) is 0.556. The van der Waals surface area contributed by atoms with Gasteiger partial charge in [0.1, 0.15) is 0 Å². The van der Waals surface area contributed by atoms with Crippen LogP contribution in [0.15, 0.2) is 0 Å². The molecule has 1 N–H and O–H groups in total. The minimum atomic E-state index is 0.182. The third-order valence-electron chi connectivity index (χ3n) is 2.78. The predicted octanol–water partition coefficient (Wildman–Crippen LogP) is 0.502. The van der Waals surface area contributed by atoms with Gasteiger partial charge in [-0.25, -0.2) is 0 Å². The van der Waals surface area contributed by atoms with E-state index in [-0.39, 0.29) is 11.8 Å². The lowest BCUT2D eigenvalue weighted by molar-refractivity contribution is -0.132. The van der Waals surface area contributed by atoms with Gasteiger partial charge >= 0.3 is 0 Å². The van der Waals surface area contributed by atoms with Crippen molar-refractivity contribution < 1.29 is 4.79 Å². The monoisotopic (exact) mass is 184 g/mol. The third kappa shape index (κ3) is 1.02. The Morgan fingerprint density at radius 3 is 3.08 bits per heavy atom. The second kappa shape index (κ2) is 2.69. The molecule has 2 atom stereocenters. The lowest BCUT2D eigenvalue weighted by atomic mass is 10.0. The zero-order valence-corrected chi connectivity index (χ0v) is 7.86. The molecular formula is C8H12N2OS. The van der Waals surface area contributed by atoms with Gasteiger partial charge in [-0.2, -0.15) is 0 Å². The Labute approximate surface area is 77.1 Å². The number of nitrogens with zero attached hydrogens (tertiary/aromatic N) is 1. The highest BCUT2D eigenvalue weighted by atomic mass is 32.1. The molecule has 2 fully saturated rings. The van der Waals surface area contributed by atoms with Crippen LogP contribution >= 0.6 is 12.2 Å². The van der Waals surface area contributed by atoms with E-state index in [1.165, 1.54) is 0 Å². The predicted molar refractivity (Wildman–Crippen MR) is 49.6 cm³/mol. The maximum absolute atomic E-state index is 11.6. The molecule has 0 bridgehead atoms. The highest BCUT2D eigenvalue weighted by Crippen LogP contribution is 2.29. The minimum absolute atomic E-state index is 0.182. The van der Waals surface area contributed by atoms with Gasteiger partial charge in [-0.15, -0.1) is 0 Å². The molecule has 2 rings (SSSR count). The average molecular weight is 184 g/mol. The highest BCUT2D eigenvalue weighted by Gasteiger charge is 2.40. The van der Waals surface area contributed by atoms with E-state index < -0.39 is 0 Å². The third-order valence-corrected chi connectivity index (χ3v) is 3.17. The van der Waals surface area contributed by atoms with Crippen molar-refractivity contribution >= 4 is 23.2 Å². The van der Waals surface area contributed by atoms with Gasteiger partial charge in [-0.1, -0.05) is 6.42 Å². The number of hydrogen-bond acceptors (Lipinski definition) is 2. The summed E-state index contributed by atoms with van der Waals surface area (Å²) in [5.74, 6) is 0.378. The van der Waals surface area contributed by atoms with E-state index in [1.54, 1.807) is 11.9 Å². The minimum Gasteiger partial charge on any atom is -0.359 e. The van der Waals surface area contributed by atoms with Crippen LogP contribution in [0.4, 0.5) is 0 Å². The first-order valence-electron chi connectivity index (χ1n) is 4.28. The molecule has 3 nitrogen and oxygen atoms in total. The van der Waals surface area contributed by atoms with Gasteiger partial charge in [-0.05, 0) is 25.1 Å². The first-order valence-corrected chi connectivity index (χ1v) is 4.69. The summed E-state index contributed by atoms with van der Waals surface area (Å²) in [7, 11) is 1.74. The summed E-state index contributed by atoms with van der Waals surface area (Å²) in [5, 5.41) is 3.78. The van der Waals surface area contributed by atoms with E-state index in [1.807, 2.05) is 0 Å². The number of nitrogens with one attached hydrogen (secondary N) is 1. The molecule has 0 aromatic heterocycles. The number of carbonyl (C=O) groups is 1. The summed E-state index contributed by atoms with van der Waals surface area (Å²) in [6, 6.07) is 0.321. The fraction of sp³-hybridized carbons (Fsp3) is 0.750. The van der Waals surface area contributed by atoms with Crippen LogP contribution < -0.4 is 5.32 Å². The van der Waals surface area contributed by atoms with Crippen LogP contribution in [-0.4, -0.2) is 29.0 Å². The summed E-state index contributed by atoms with van der Waals surface area (Å²) >= 11 is 5.02. The number of hydrogen-bond donors (Lipinski definition) is 1. The molecule has 0 spiro atoms. The van der Waals surface area contributed by atoms with E-state index in [9.17, 15) is 4.79 Å². The molecule has 1 aliphatic carbocycles. The van der Waals surface area contributed by atoms with Crippen LogP contribution in [0.3, 0.4) is 0 Å². The van der Waals surface area contributed by atoms with Gasteiger partial charge in [0.25, 0.3) is 0 Å². The van der Waals surface area contributed by atoms with Crippen molar-refractivity contribution in [2.45, 2.75) is 25.3 Å². The summed E-state index contributed by atoms with van der Waals surface area (Å²) < 4.78 is 0. The molecule has 2 aliphatic rings. The zero-order chi connectivity index (χ0) is 8.72. The Morgan fingerprint density at radius 1 is 1.58 bits per heavy atom. The Bertz CT molecular complexity index is 241. The fourth-order valence-electron chi connectivity index (χ4n) is 2.03. The smallest absolute Gasteiger partial charge is 0.233 e. The molecule has 0 radical (unpaired) electrons. The van der Waals surface area contributed by atoms with Gasteiger partial charge in [-0.3, -0.25) is 9.69 Å². The summed E-state index contributed by atoms with van der Waals surface area (Å²) in [6.07, 6.45) is 3.25. The first-order chi connectivity index (χ1) is 5.70. The van der Waals surface area contributed by atoms with Gasteiger partial charge in [0.2, 0.25) is 5.91 Å². The molecule has 1 amide bonds. The van der Waals surface area contributed by atoms with Crippen molar-refractivity contribution in [3.63, 3.8) is 0 Å². The van der Waals surface area contributed by atoms with E-state index >= 15 is 0 Å². The Kier molecular flexibility index (Phi) is 1.79. The molecule has 1 heterocycles. The van der Waals surface area contributed by atoms with E-state index in [0.717, 1.165) is 19.3 Å². The number of thiocarbonyl (C=S) groups is 1. The average Bonchev–Trinajstić information content (AvgIpc) is 2.48. The van der Waals surface area contributed by atoms with Crippen LogP contribution in [-0.2, 0) is 4.79 Å². The van der Waals surface area contributed by atoms with Crippen molar-refractivity contribution in [3.8, 4) is 0 Å². The Hall–Kier alpha value is -0.640. The SMILES string of the molecule is CN1C(=O)[C@H]2CCC[C@H]2NC1=S.